The maximum atomic E-state index is 10.7. The summed E-state index contributed by atoms with van der Waals surface area (Å²) in [6, 6.07) is 5.10. The zero-order valence-corrected chi connectivity index (χ0v) is 11.7. The molecular weight excluding hydrogens is 264 g/mol. The van der Waals surface area contributed by atoms with E-state index in [-0.39, 0.29) is 5.82 Å². The summed E-state index contributed by atoms with van der Waals surface area (Å²) < 4.78 is 0. The number of para-hydroxylation sites is 1. The van der Waals surface area contributed by atoms with Crippen LogP contribution < -0.4 is 5.73 Å². The van der Waals surface area contributed by atoms with Crippen molar-refractivity contribution in [3.63, 3.8) is 0 Å². The highest BCUT2D eigenvalue weighted by Gasteiger charge is 2.32. The number of anilines is 1. The summed E-state index contributed by atoms with van der Waals surface area (Å²) in [5, 5.41) is 11.1. The van der Waals surface area contributed by atoms with Crippen LogP contribution in [-0.4, -0.2) is 20.1 Å². The molecule has 100 valence electrons. The monoisotopic (exact) mass is 278 g/mol. The summed E-state index contributed by atoms with van der Waals surface area (Å²) in [5.74, 6) is 1.35. The predicted molar refractivity (Wildman–Crippen MR) is 73.8 cm³/mol. The minimum atomic E-state index is -1.42. The van der Waals surface area contributed by atoms with Gasteiger partial charge in [0.25, 0.3) is 0 Å². The molecule has 1 atom stereocenters. The SMILES string of the molecule is Cc1nc(C)nc(C(C)(O)c2cccc(Cl)c2N)n1. The van der Waals surface area contributed by atoms with E-state index in [0.29, 0.717) is 27.9 Å². The summed E-state index contributed by atoms with van der Waals surface area (Å²) >= 11 is 5.98. The molecule has 1 unspecified atom stereocenters. The number of nitrogens with zero attached hydrogens (tertiary/aromatic N) is 3. The topological polar surface area (TPSA) is 84.9 Å². The van der Waals surface area contributed by atoms with Crippen molar-refractivity contribution < 1.29 is 5.11 Å². The molecule has 2 aromatic rings. The van der Waals surface area contributed by atoms with Gasteiger partial charge in [0.15, 0.2) is 5.82 Å². The Hall–Kier alpha value is -1.72. The van der Waals surface area contributed by atoms with E-state index in [1.807, 2.05) is 0 Å². The molecule has 1 heterocycles. The quantitative estimate of drug-likeness (QED) is 0.821. The van der Waals surface area contributed by atoms with E-state index in [1.54, 1.807) is 39.0 Å². The van der Waals surface area contributed by atoms with Gasteiger partial charge < -0.3 is 10.8 Å². The van der Waals surface area contributed by atoms with E-state index in [9.17, 15) is 5.11 Å². The number of nitrogen functional groups attached to an aromatic ring is 1. The zero-order valence-electron chi connectivity index (χ0n) is 11.0. The Balaban J connectivity index is 2.61. The Labute approximate surface area is 116 Å². The van der Waals surface area contributed by atoms with Gasteiger partial charge in [-0.1, -0.05) is 23.7 Å². The highest BCUT2D eigenvalue weighted by atomic mass is 35.5. The standard InChI is InChI=1S/C13H15ClN4O/c1-7-16-8(2)18-12(17-7)13(3,19)9-5-4-6-10(14)11(9)15/h4-6,19H,15H2,1-3H3. The molecule has 0 fully saturated rings. The second-order valence-corrected chi connectivity index (χ2v) is 4.93. The molecule has 0 aliphatic rings. The van der Waals surface area contributed by atoms with Gasteiger partial charge in [0.05, 0.1) is 10.7 Å². The summed E-state index contributed by atoms with van der Waals surface area (Å²) in [6.45, 7) is 5.08. The van der Waals surface area contributed by atoms with Gasteiger partial charge in [-0.3, -0.25) is 0 Å². The van der Waals surface area contributed by atoms with E-state index in [4.69, 9.17) is 17.3 Å². The Morgan fingerprint density at radius 1 is 1.16 bits per heavy atom. The number of aliphatic hydroxyl groups is 1. The number of benzene rings is 1. The third-order valence-electron chi connectivity index (χ3n) is 2.87. The molecule has 0 bridgehead atoms. The average molecular weight is 279 g/mol. The molecule has 0 aliphatic heterocycles. The van der Waals surface area contributed by atoms with Crippen molar-refractivity contribution >= 4 is 17.3 Å². The van der Waals surface area contributed by atoms with Crippen LogP contribution >= 0.6 is 11.6 Å². The van der Waals surface area contributed by atoms with Crippen molar-refractivity contribution in [1.29, 1.82) is 0 Å². The van der Waals surface area contributed by atoms with E-state index < -0.39 is 5.60 Å². The first-order valence-electron chi connectivity index (χ1n) is 5.79. The number of hydrogen-bond donors (Lipinski definition) is 2. The summed E-state index contributed by atoms with van der Waals surface area (Å²) in [4.78, 5) is 12.5. The number of aryl methyl sites for hydroxylation is 2. The Bertz CT molecular complexity index is 608. The van der Waals surface area contributed by atoms with Crippen LogP contribution in [0.5, 0.6) is 0 Å². The first kappa shape index (κ1) is 13.7. The lowest BCUT2D eigenvalue weighted by molar-refractivity contribution is 0.0921. The lowest BCUT2D eigenvalue weighted by atomic mass is 9.93. The largest absolute Gasteiger partial charge is 0.397 e. The van der Waals surface area contributed by atoms with Crippen LogP contribution in [-0.2, 0) is 5.60 Å². The van der Waals surface area contributed by atoms with Crippen molar-refractivity contribution in [2.24, 2.45) is 0 Å². The predicted octanol–water partition coefficient (Wildman–Crippen LogP) is 1.98. The van der Waals surface area contributed by atoms with Gasteiger partial charge in [-0.2, -0.15) is 0 Å². The van der Waals surface area contributed by atoms with Crippen LogP contribution in [0.3, 0.4) is 0 Å². The van der Waals surface area contributed by atoms with Gasteiger partial charge in [0.1, 0.15) is 17.2 Å². The molecular formula is C13H15ClN4O. The number of hydrogen-bond acceptors (Lipinski definition) is 5. The fourth-order valence-electron chi connectivity index (χ4n) is 1.92. The van der Waals surface area contributed by atoms with E-state index in [1.165, 1.54) is 0 Å². The Morgan fingerprint density at radius 3 is 2.32 bits per heavy atom. The number of nitrogens with two attached hydrogens (primary N) is 1. The highest BCUT2D eigenvalue weighted by molar-refractivity contribution is 6.33. The molecule has 0 saturated carbocycles. The Kier molecular flexibility index (Phi) is 3.43. The summed E-state index contributed by atoms with van der Waals surface area (Å²) in [6.07, 6.45) is 0. The number of aromatic nitrogens is 3. The van der Waals surface area contributed by atoms with Gasteiger partial charge in [-0.05, 0) is 26.8 Å². The second-order valence-electron chi connectivity index (χ2n) is 4.53. The molecule has 19 heavy (non-hydrogen) atoms. The van der Waals surface area contributed by atoms with E-state index in [0.717, 1.165) is 0 Å². The average Bonchev–Trinajstić information content (AvgIpc) is 2.31. The molecule has 0 aliphatic carbocycles. The Morgan fingerprint density at radius 2 is 1.74 bits per heavy atom. The minimum Gasteiger partial charge on any atom is -0.397 e. The van der Waals surface area contributed by atoms with Gasteiger partial charge >= 0.3 is 0 Å². The van der Waals surface area contributed by atoms with Crippen molar-refractivity contribution in [2.45, 2.75) is 26.4 Å². The lowest BCUT2D eigenvalue weighted by Crippen LogP contribution is -2.28. The maximum Gasteiger partial charge on any atom is 0.168 e. The van der Waals surface area contributed by atoms with Crippen LogP contribution in [0.25, 0.3) is 0 Å². The first-order valence-corrected chi connectivity index (χ1v) is 6.16. The van der Waals surface area contributed by atoms with E-state index >= 15 is 0 Å². The minimum absolute atomic E-state index is 0.256. The summed E-state index contributed by atoms with van der Waals surface area (Å²) in [5.41, 5.74) is 5.30. The zero-order chi connectivity index (χ0) is 14.2. The molecule has 0 spiro atoms. The normalized spacial score (nSPS) is 14.2. The second kappa shape index (κ2) is 4.75. The third kappa shape index (κ3) is 2.52. The molecule has 5 nitrogen and oxygen atoms in total. The van der Waals surface area contributed by atoms with Crippen LogP contribution in [0.4, 0.5) is 5.69 Å². The van der Waals surface area contributed by atoms with Crippen LogP contribution in [0.1, 0.15) is 30.0 Å². The van der Waals surface area contributed by atoms with Crippen LogP contribution in [0.2, 0.25) is 5.02 Å². The van der Waals surface area contributed by atoms with E-state index in [2.05, 4.69) is 15.0 Å². The van der Waals surface area contributed by atoms with Gasteiger partial charge in [0, 0.05) is 5.56 Å². The fraction of sp³-hybridized carbons (Fsp3) is 0.308. The van der Waals surface area contributed by atoms with Gasteiger partial charge in [-0.15, -0.1) is 0 Å². The number of rotatable bonds is 2. The fourth-order valence-corrected chi connectivity index (χ4v) is 2.09. The van der Waals surface area contributed by atoms with Crippen molar-refractivity contribution in [2.75, 3.05) is 5.73 Å². The molecule has 0 amide bonds. The molecule has 3 N–H and O–H groups in total. The van der Waals surface area contributed by atoms with Gasteiger partial charge in [-0.25, -0.2) is 15.0 Å². The molecule has 1 aromatic heterocycles. The molecule has 2 rings (SSSR count). The first-order chi connectivity index (χ1) is 8.82. The summed E-state index contributed by atoms with van der Waals surface area (Å²) in [7, 11) is 0. The highest BCUT2D eigenvalue weighted by Crippen LogP contribution is 2.34. The van der Waals surface area contributed by atoms with Crippen LogP contribution in [0, 0.1) is 13.8 Å². The van der Waals surface area contributed by atoms with Crippen molar-refractivity contribution in [3.05, 3.63) is 46.3 Å². The molecule has 0 saturated heterocycles. The molecule has 0 radical (unpaired) electrons. The lowest BCUT2D eigenvalue weighted by Gasteiger charge is -2.24. The van der Waals surface area contributed by atoms with Crippen molar-refractivity contribution in [3.8, 4) is 0 Å². The smallest absolute Gasteiger partial charge is 0.168 e. The van der Waals surface area contributed by atoms with Crippen LogP contribution in [0.15, 0.2) is 18.2 Å². The third-order valence-corrected chi connectivity index (χ3v) is 3.20. The maximum absolute atomic E-state index is 10.7. The molecule has 6 heteroatoms. The molecule has 1 aromatic carbocycles. The van der Waals surface area contributed by atoms with Crippen molar-refractivity contribution in [1.82, 2.24) is 15.0 Å². The van der Waals surface area contributed by atoms with Gasteiger partial charge in [0.2, 0.25) is 0 Å². The number of halogens is 1.